The van der Waals surface area contributed by atoms with Crippen molar-refractivity contribution in [1.82, 2.24) is 4.72 Å². The molecule has 0 saturated carbocycles. The fraction of sp³-hybridized carbons (Fsp3) is 0.385. The van der Waals surface area contributed by atoms with Gasteiger partial charge in [-0.1, -0.05) is 42.5 Å². The van der Waals surface area contributed by atoms with Crippen LogP contribution >= 0.6 is 0 Å². The largest absolute Gasteiger partial charge is 0.598 e. The van der Waals surface area contributed by atoms with E-state index < -0.39 is 11.4 Å². The minimum atomic E-state index is -0.996. The summed E-state index contributed by atoms with van der Waals surface area (Å²) in [6.07, 6.45) is 4.01. The van der Waals surface area contributed by atoms with E-state index in [2.05, 4.69) is 4.72 Å². The van der Waals surface area contributed by atoms with Gasteiger partial charge in [0.15, 0.2) is 0 Å². The molecule has 1 aromatic rings. The van der Waals surface area contributed by atoms with Gasteiger partial charge in [0.05, 0.1) is 6.54 Å². The Bertz CT molecular complexity index is 330. The average molecular weight is 237 g/mol. The Hall–Kier alpha value is -0.770. The van der Waals surface area contributed by atoms with E-state index in [0.717, 1.165) is 5.56 Å². The molecule has 0 heterocycles. The van der Waals surface area contributed by atoms with Crippen molar-refractivity contribution in [3.05, 3.63) is 42.0 Å². The van der Waals surface area contributed by atoms with Gasteiger partial charge in [-0.15, -0.1) is 4.72 Å². The van der Waals surface area contributed by atoms with E-state index in [1.165, 1.54) is 0 Å². The van der Waals surface area contributed by atoms with Crippen molar-refractivity contribution in [3.8, 4) is 0 Å². The summed E-state index contributed by atoms with van der Waals surface area (Å²) in [6.45, 7) is 6.49. The smallest absolute Gasteiger partial charge is 0.136 e. The Morgan fingerprint density at radius 3 is 2.44 bits per heavy atom. The Morgan fingerprint density at radius 2 is 1.88 bits per heavy atom. The van der Waals surface area contributed by atoms with Gasteiger partial charge in [-0.3, -0.25) is 0 Å². The molecule has 0 aliphatic carbocycles. The van der Waals surface area contributed by atoms with E-state index >= 15 is 0 Å². The van der Waals surface area contributed by atoms with Gasteiger partial charge in [-0.2, -0.15) is 0 Å². The summed E-state index contributed by atoms with van der Waals surface area (Å²) in [5.41, 5.74) is 1.16. The molecule has 1 aromatic carbocycles. The lowest BCUT2D eigenvalue weighted by atomic mass is 10.2. The second kappa shape index (κ2) is 6.09. The van der Waals surface area contributed by atoms with Crippen LogP contribution < -0.4 is 4.72 Å². The van der Waals surface area contributed by atoms with Crippen LogP contribution in [-0.2, 0) is 11.4 Å². The molecule has 0 radical (unpaired) electrons. The summed E-state index contributed by atoms with van der Waals surface area (Å²) >= 11 is -0.996. The van der Waals surface area contributed by atoms with Gasteiger partial charge < -0.3 is 4.55 Å². The van der Waals surface area contributed by atoms with Crippen LogP contribution in [0.1, 0.15) is 26.3 Å². The second-order valence-electron chi connectivity index (χ2n) is 4.54. The third-order valence-electron chi connectivity index (χ3n) is 2.00. The number of nitrogens with one attached hydrogen (secondary N) is 1. The summed E-state index contributed by atoms with van der Waals surface area (Å²) in [5, 5.41) is 0. The highest BCUT2D eigenvalue weighted by Crippen LogP contribution is 2.12. The lowest BCUT2D eigenvalue weighted by molar-refractivity contribution is 0.548. The molecule has 1 rings (SSSR count). The van der Waals surface area contributed by atoms with Crippen molar-refractivity contribution in [2.45, 2.75) is 25.5 Å². The molecule has 0 amide bonds. The predicted molar refractivity (Wildman–Crippen MR) is 71.4 cm³/mol. The molecule has 0 unspecified atom stereocenters. The minimum Gasteiger partial charge on any atom is -0.598 e. The number of benzene rings is 1. The molecule has 2 nitrogen and oxygen atoms in total. The van der Waals surface area contributed by atoms with E-state index in [4.69, 9.17) is 0 Å². The van der Waals surface area contributed by atoms with Crippen LogP contribution in [-0.4, -0.2) is 15.8 Å². The maximum absolute atomic E-state index is 11.6. The van der Waals surface area contributed by atoms with Crippen molar-refractivity contribution in [2.24, 2.45) is 0 Å². The van der Waals surface area contributed by atoms with Crippen LogP contribution in [0.5, 0.6) is 0 Å². The van der Waals surface area contributed by atoms with Crippen LogP contribution in [0.25, 0.3) is 6.08 Å². The van der Waals surface area contributed by atoms with Crippen LogP contribution in [0.3, 0.4) is 0 Å². The zero-order valence-electron chi connectivity index (χ0n) is 10.1. The summed E-state index contributed by atoms with van der Waals surface area (Å²) in [6, 6.07) is 10.1. The monoisotopic (exact) mass is 237 g/mol. The minimum absolute atomic E-state index is 0.208. The first-order chi connectivity index (χ1) is 7.50. The van der Waals surface area contributed by atoms with Gasteiger partial charge in [0.1, 0.15) is 4.75 Å². The number of hydrogen-bond acceptors (Lipinski definition) is 2. The quantitative estimate of drug-likeness (QED) is 0.817. The van der Waals surface area contributed by atoms with Gasteiger partial charge in [-0.25, -0.2) is 0 Å². The SMILES string of the molecule is CC(C)(C)[S@@+]([O-])NCC=Cc1ccccc1. The van der Waals surface area contributed by atoms with Crippen molar-refractivity contribution in [3.63, 3.8) is 0 Å². The lowest BCUT2D eigenvalue weighted by Crippen LogP contribution is -2.39. The molecule has 3 heteroatoms. The molecule has 0 saturated heterocycles. The molecule has 0 aliphatic rings. The molecule has 1 atom stereocenters. The zero-order chi connectivity index (χ0) is 12.0. The first-order valence-corrected chi connectivity index (χ1v) is 6.52. The Labute approximate surface area is 101 Å². The first kappa shape index (κ1) is 13.3. The fourth-order valence-electron chi connectivity index (χ4n) is 1.10. The van der Waals surface area contributed by atoms with Crippen LogP contribution in [0, 0.1) is 0 Å². The van der Waals surface area contributed by atoms with Gasteiger partial charge in [0.25, 0.3) is 0 Å². The molecule has 1 N–H and O–H groups in total. The topological polar surface area (TPSA) is 35.1 Å². The third-order valence-corrected chi connectivity index (χ3v) is 3.54. The highest BCUT2D eigenvalue weighted by Gasteiger charge is 2.25. The number of rotatable bonds is 4. The van der Waals surface area contributed by atoms with Crippen LogP contribution in [0.15, 0.2) is 36.4 Å². The maximum atomic E-state index is 11.6. The van der Waals surface area contributed by atoms with Crippen molar-refractivity contribution in [2.75, 3.05) is 6.54 Å². The highest BCUT2D eigenvalue weighted by molar-refractivity contribution is 7.90. The van der Waals surface area contributed by atoms with E-state index in [0.29, 0.717) is 6.54 Å². The molecular formula is C13H19NOS. The van der Waals surface area contributed by atoms with Crippen molar-refractivity contribution >= 4 is 17.4 Å². The van der Waals surface area contributed by atoms with Gasteiger partial charge in [-0.05, 0) is 26.3 Å². The van der Waals surface area contributed by atoms with Crippen LogP contribution in [0.4, 0.5) is 0 Å². The van der Waals surface area contributed by atoms with Gasteiger partial charge in [0.2, 0.25) is 0 Å². The van der Waals surface area contributed by atoms with Crippen molar-refractivity contribution in [1.29, 1.82) is 0 Å². The predicted octanol–water partition coefficient (Wildman–Crippen LogP) is 2.75. The summed E-state index contributed by atoms with van der Waals surface area (Å²) in [4.78, 5) is 0. The van der Waals surface area contributed by atoms with E-state index in [9.17, 15) is 4.55 Å². The molecular weight excluding hydrogens is 218 g/mol. The van der Waals surface area contributed by atoms with Gasteiger partial charge >= 0.3 is 0 Å². The summed E-state index contributed by atoms with van der Waals surface area (Å²) < 4.78 is 14.4. The van der Waals surface area contributed by atoms with Crippen LogP contribution in [0.2, 0.25) is 0 Å². The van der Waals surface area contributed by atoms with Crippen molar-refractivity contribution < 1.29 is 4.55 Å². The Morgan fingerprint density at radius 1 is 1.25 bits per heavy atom. The lowest BCUT2D eigenvalue weighted by Gasteiger charge is -2.22. The highest BCUT2D eigenvalue weighted by atomic mass is 32.2. The molecule has 0 fully saturated rings. The van der Waals surface area contributed by atoms with E-state index in [-0.39, 0.29) is 4.75 Å². The maximum Gasteiger partial charge on any atom is 0.136 e. The normalized spacial score (nSPS) is 14.2. The standard InChI is InChI=1S/C13H19NOS/c1-13(2,3)16(15)14-11-7-10-12-8-5-4-6-9-12/h4-10,14H,11H2,1-3H3/t16-/m1/s1. The summed E-state index contributed by atoms with van der Waals surface area (Å²) in [7, 11) is 0. The van der Waals surface area contributed by atoms with Gasteiger partial charge in [0, 0.05) is 11.4 Å². The Balaban J connectivity index is 2.34. The second-order valence-corrected chi connectivity index (χ2v) is 6.59. The molecule has 0 spiro atoms. The molecule has 16 heavy (non-hydrogen) atoms. The summed E-state index contributed by atoms with van der Waals surface area (Å²) in [5.74, 6) is 0. The zero-order valence-corrected chi connectivity index (χ0v) is 10.9. The average Bonchev–Trinajstić information content (AvgIpc) is 2.24. The molecule has 0 aliphatic heterocycles. The first-order valence-electron chi connectivity index (χ1n) is 5.37. The number of hydrogen-bond donors (Lipinski definition) is 1. The third kappa shape index (κ3) is 4.84. The molecule has 0 aromatic heterocycles. The van der Waals surface area contributed by atoms with E-state index in [1.807, 2.05) is 63.3 Å². The van der Waals surface area contributed by atoms with E-state index in [1.54, 1.807) is 0 Å². The molecule has 0 bridgehead atoms. The Kier molecular flexibility index (Phi) is 5.06. The fourth-order valence-corrected chi connectivity index (χ4v) is 1.78. The molecule has 88 valence electrons.